The summed E-state index contributed by atoms with van der Waals surface area (Å²) in [6.07, 6.45) is 6.26. The predicted molar refractivity (Wildman–Crippen MR) is 101 cm³/mol. The number of rotatable bonds is 5. The number of pyridine rings is 1. The van der Waals surface area contributed by atoms with Gasteiger partial charge in [0, 0.05) is 31.2 Å². The van der Waals surface area contributed by atoms with Crippen LogP contribution in [0.25, 0.3) is 0 Å². The zero-order valence-electron chi connectivity index (χ0n) is 14.1. The molecule has 2 rings (SSSR count). The lowest BCUT2D eigenvalue weighted by molar-refractivity contribution is -0.119. The van der Waals surface area contributed by atoms with Gasteiger partial charge in [-0.05, 0) is 29.5 Å². The molecule has 0 aromatic carbocycles. The van der Waals surface area contributed by atoms with Crippen LogP contribution in [0.5, 0.6) is 0 Å². The molecule has 1 atom stereocenters. The fraction of sp³-hybridized carbons (Fsp3) is 0.438. The van der Waals surface area contributed by atoms with Crippen molar-refractivity contribution in [3.63, 3.8) is 0 Å². The smallest absolute Gasteiger partial charge is 0.243 e. The van der Waals surface area contributed by atoms with E-state index in [1.165, 1.54) is 5.56 Å². The van der Waals surface area contributed by atoms with E-state index in [-0.39, 0.29) is 36.1 Å². The van der Waals surface area contributed by atoms with Gasteiger partial charge in [-0.2, -0.15) is 5.10 Å². The highest BCUT2D eigenvalue weighted by molar-refractivity contribution is 5.94. The minimum atomic E-state index is -0.575. The van der Waals surface area contributed by atoms with E-state index in [9.17, 15) is 4.79 Å². The first-order chi connectivity index (χ1) is 10.4. The summed E-state index contributed by atoms with van der Waals surface area (Å²) in [5, 5.41) is 7.10. The van der Waals surface area contributed by atoms with Crippen LogP contribution in [0.1, 0.15) is 26.3 Å². The third-order valence-corrected chi connectivity index (χ3v) is 3.49. The Bertz CT molecular complexity index is 625. The third-order valence-electron chi connectivity index (χ3n) is 3.49. The Hall–Kier alpha value is -1.63. The van der Waals surface area contributed by atoms with Gasteiger partial charge < -0.3 is 11.1 Å². The van der Waals surface area contributed by atoms with Gasteiger partial charge in [-0.25, -0.2) is 0 Å². The fourth-order valence-corrected chi connectivity index (χ4v) is 1.94. The maximum Gasteiger partial charge on any atom is 0.243 e. The molecule has 0 fully saturated rings. The van der Waals surface area contributed by atoms with Crippen LogP contribution in [0.3, 0.4) is 0 Å². The number of carbonyl (C=O) groups excluding carboxylic acids is 1. The number of hydrogen-bond donors (Lipinski definition) is 2. The van der Waals surface area contributed by atoms with Crippen molar-refractivity contribution in [1.29, 1.82) is 0 Å². The normalized spacial score (nSPS) is 11.8. The summed E-state index contributed by atoms with van der Waals surface area (Å²) >= 11 is 0. The lowest BCUT2D eigenvalue weighted by Gasteiger charge is -2.25. The van der Waals surface area contributed by atoms with E-state index in [2.05, 4.69) is 15.4 Å². The van der Waals surface area contributed by atoms with E-state index in [0.717, 1.165) is 13.0 Å². The Labute approximate surface area is 155 Å². The van der Waals surface area contributed by atoms with Gasteiger partial charge in [0.2, 0.25) is 5.91 Å². The van der Waals surface area contributed by atoms with Gasteiger partial charge in [0.25, 0.3) is 0 Å². The van der Waals surface area contributed by atoms with Crippen LogP contribution < -0.4 is 11.1 Å². The molecule has 3 N–H and O–H groups in total. The third kappa shape index (κ3) is 6.47. The summed E-state index contributed by atoms with van der Waals surface area (Å²) in [6, 6.07) is 5.16. The second-order valence-electron chi connectivity index (χ2n) is 6.40. The highest BCUT2D eigenvalue weighted by Crippen LogP contribution is 2.18. The number of nitrogens with one attached hydrogen (secondary N) is 1. The molecule has 0 bridgehead atoms. The van der Waals surface area contributed by atoms with E-state index in [1.807, 2.05) is 39.1 Å². The molecule has 2 aromatic rings. The predicted octanol–water partition coefficient (Wildman–Crippen LogP) is 2.68. The molecule has 0 spiro atoms. The number of halogens is 2. The highest BCUT2D eigenvalue weighted by atomic mass is 35.5. The minimum Gasteiger partial charge on any atom is -0.319 e. The van der Waals surface area contributed by atoms with Crippen molar-refractivity contribution < 1.29 is 4.79 Å². The Morgan fingerprint density at radius 3 is 2.46 bits per heavy atom. The van der Waals surface area contributed by atoms with Crippen molar-refractivity contribution in [3.05, 3.63) is 42.4 Å². The van der Waals surface area contributed by atoms with Gasteiger partial charge in [-0.1, -0.05) is 20.8 Å². The summed E-state index contributed by atoms with van der Waals surface area (Å²) in [4.78, 5) is 16.0. The molecule has 2 aromatic heterocycles. The molecule has 0 aliphatic heterocycles. The maximum atomic E-state index is 12.1. The standard InChI is InChI=1S/C16H23N5O.2ClH/c1-16(2,3)14(17)15(22)19-13-7-11-21(20-13)10-6-12-4-8-18-9-5-12;;/h4-5,7-9,11,14H,6,10,17H2,1-3H3,(H,19,20,22);2*1H/t14-;;/m1../s1. The molecule has 6 nitrogen and oxygen atoms in total. The lowest BCUT2D eigenvalue weighted by Crippen LogP contribution is -2.45. The Morgan fingerprint density at radius 2 is 1.88 bits per heavy atom. The molecule has 0 unspecified atom stereocenters. The van der Waals surface area contributed by atoms with E-state index in [0.29, 0.717) is 5.82 Å². The number of anilines is 1. The maximum absolute atomic E-state index is 12.1. The van der Waals surface area contributed by atoms with Crippen molar-refractivity contribution in [2.24, 2.45) is 11.1 Å². The molecule has 2 heterocycles. The van der Waals surface area contributed by atoms with Crippen LogP contribution in [-0.4, -0.2) is 26.7 Å². The summed E-state index contributed by atoms with van der Waals surface area (Å²) in [5.74, 6) is 0.311. The van der Waals surface area contributed by atoms with Crippen LogP contribution in [0.4, 0.5) is 5.82 Å². The van der Waals surface area contributed by atoms with Crippen LogP contribution in [0, 0.1) is 5.41 Å². The number of aryl methyl sites for hydroxylation is 2. The number of amides is 1. The Morgan fingerprint density at radius 1 is 1.25 bits per heavy atom. The largest absolute Gasteiger partial charge is 0.319 e. The fourth-order valence-electron chi connectivity index (χ4n) is 1.94. The molecule has 0 saturated carbocycles. The first-order valence-corrected chi connectivity index (χ1v) is 7.35. The lowest BCUT2D eigenvalue weighted by atomic mass is 9.87. The first kappa shape index (κ1) is 22.4. The number of nitrogens with zero attached hydrogens (tertiary/aromatic N) is 3. The quantitative estimate of drug-likeness (QED) is 0.843. The van der Waals surface area contributed by atoms with Gasteiger partial charge in [0.15, 0.2) is 5.82 Å². The van der Waals surface area contributed by atoms with Crippen molar-refractivity contribution in [1.82, 2.24) is 14.8 Å². The number of aromatic nitrogens is 3. The van der Waals surface area contributed by atoms with Crippen molar-refractivity contribution >= 4 is 36.5 Å². The zero-order valence-corrected chi connectivity index (χ0v) is 15.7. The van der Waals surface area contributed by atoms with Crippen molar-refractivity contribution in [2.75, 3.05) is 5.32 Å². The second kappa shape index (κ2) is 9.61. The topological polar surface area (TPSA) is 85.8 Å². The molecule has 0 aliphatic carbocycles. The minimum absolute atomic E-state index is 0. The van der Waals surface area contributed by atoms with Crippen LogP contribution >= 0.6 is 24.8 Å². The summed E-state index contributed by atoms with van der Waals surface area (Å²) in [5.41, 5.74) is 6.85. The molecular formula is C16H25Cl2N5O. The Balaban J connectivity index is 0.00000264. The molecule has 0 aliphatic rings. The second-order valence-corrected chi connectivity index (χ2v) is 6.40. The summed E-state index contributed by atoms with van der Waals surface area (Å²) in [6.45, 7) is 6.55. The first-order valence-electron chi connectivity index (χ1n) is 7.35. The van der Waals surface area contributed by atoms with Gasteiger partial charge in [0.1, 0.15) is 0 Å². The van der Waals surface area contributed by atoms with Gasteiger partial charge >= 0.3 is 0 Å². The van der Waals surface area contributed by atoms with Crippen LogP contribution in [0.2, 0.25) is 0 Å². The van der Waals surface area contributed by atoms with E-state index >= 15 is 0 Å². The van der Waals surface area contributed by atoms with Crippen molar-refractivity contribution in [2.45, 2.75) is 39.8 Å². The number of nitrogens with two attached hydrogens (primary N) is 1. The van der Waals surface area contributed by atoms with E-state index in [1.54, 1.807) is 23.1 Å². The highest BCUT2D eigenvalue weighted by Gasteiger charge is 2.27. The average molecular weight is 374 g/mol. The van der Waals surface area contributed by atoms with Gasteiger partial charge in [0.05, 0.1) is 6.04 Å². The van der Waals surface area contributed by atoms with Gasteiger partial charge in [-0.15, -0.1) is 24.8 Å². The van der Waals surface area contributed by atoms with Gasteiger partial charge in [-0.3, -0.25) is 14.5 Å². The number of carbonyl (C=O) groups is 1. The summed E-state index contributed by atoms with van der Waals surface area (Å²) < 4.78 is 1.80. The Kier molecular flexibility index (Phi) is 8.96. The number of hydrogen-bond acceptors (Lipinski definition) is 4. The summed E-state index contributed by atoms with van der Waals surface area (Å²) in [7, 11) is 0. The van der Waals surface area contributed by atoms with Crippen LogP contribution in [-0.2, 0) is 17.8 Å². The molecule has 0 saturated heterocycles. The SMILES string of the molecule is CC(C)(C)[C@H](N)C(=O)Nc1ccn(CCc2ccncc2)n1.Cl.Cl. The van der Waals surface area contributed by atoms with Crippen LogP contribution in [0.15, 0.2) is 36.8 Å². The molecule has 0 radical (unpaired) electrons. The molecule has 24 heavy (non-hydrogen) atoms. The molecule has 8 heteroatoms. The van der Waals surface area contributed by atoms with Crippen molar-refractivity contribution in [3.8, 4) is 0 Å². The van der Waals surface area contributed by atoms with E-state index < -0.39 is 6.04 Å². The molecule has 134 valence electrons. The molecule has 1 amide bonds. The zero-order chi connectivity index (χ0) is 16.2. The average Bonchev–Trinajstić information content (AvgIpc) is 2.92. The van der Waals surface area contributed by atoms with E-state index in [4.69, 9.17) is 5.73 Å². The monoisotopic (exact) mass is 373 g/mol. The molecular weight excluding hydrogens is 349 g/mol.